The first-order valence-electron chi connectivity index (χ1n) is 7.96. The van der Waals surface area contributed by atoms with Crippen LogP contribution >= 0.6 is 0 Å². The lowest BCUT2D eigenvalue weighted by Crippen LogP contribution is -2.31. The first-order valence-corrected chi connectivity index (χ1v) is 7.96. The minimum atomic E-state index is -4.47. The third kappa shape index (κ3) is 4.16. The van der Waals surface area contributed by atoms with Gasteiger partial charge in [0.1, 0.15) is 17.7 Å². The van der Waals surface area contributed by atoms with Gasteiger partial charge in [0.25, 0.3) is 5.91 Å². The van der Waals surface area contributed by atoms with E-state index in [9.17, 15) is 22.4 Å². The Bertz CT molecular complexity index is 931. The average Bonchev–Trinajstić information content (AvgIpc) is 3.05. The van der Waals surface area contributed by atoms with Gasteiger partial charge in [-0.1, -0.05) is 12.1 Å². The van der Waals surface area contributed by atoms with E-state index < -0.39 is 29.5 Å². The van der Waals surface area contributed by atoms with E-state index in [4.69, 9.17) is 0 Å². The highest BCUT2D eigenvalue weighted by molar-refractivity contribution is 5.94. The number of amides is 1. The molecule has 0 aliphatic heterocycles. The molecule has 1 N–H and O–H groups in total. The summed E-state index contributed by atoms with van der Waals surface area (Å²) in [4.78, 5) is 16.8. The van der Waals surface area contributed by atoms with E-state index in [1.165, 1.54) is 24.3 Å². The molecular weight excluding hydrogens is 362 g/mol. The van der Waals surface area contributed by atoms with E-state index in [-0.39, 0.29) is 5.56 Å². The second-order valence-corrected chi connectivity index (χ2v) is 5.93. The van der Waals surface area contributed by atoms with Crippen LogP contribution in [-0.2, 0) is 13.2 Å². The maximum Gasteiger partial charge on any atom is 0.416 e. The van der Waals surface area contributed by atoms with Gasteiger partial charge in [-0.25, -0.2) is 9.37 Å². The largest absolute Gasteiger partial charge is 0.416 e. The number of carbonyl (C=O) groups is 1. The molecule has 1 atom stereocenters. The lowest BCUT2D eigenvalue weighted by Gasteiger charge is -2.19. The Balaban J connectivity index is 1.89. The number of rotatable bonds is 4. The van der Waals surface area contributed by atoms with Crippen LogP contribution < -0.4 is 5.32 Å². The summed E-state index contributed by atoms with van der Waals surface area (Å²) in [6, 6.07) is 8.77. The Morgan fingerprint density at radius 1 is 1.07 bits per heavy atom. The molecule has 3 rings (SSSR count). The molecule has 8 heteroatoms. The quantitative estimate of drug-likeness (QED) is 0.696. The summed E-state index contributed by atoms with van der Waals surface area (Å²) >= 11 is 0. The van der Waals surface area contributed by atoms with Crippen LogP contribution in [0, 0.1) is 5.82 Å². The van der Waals surface area contributed by atoms with Crippen molar-refractivity contribution >= 4 is 5.91 Å². The van der Waals surface area contributed by atoms with Crippen LogP contribution in [0.4, 0.5) is 17.6 Å². The zero-order chi connectivity index (χ0) is 19.6. The number of aromatic nitrogens is 2. The molecule has 1 amide bonds. The third-order valence-corrected chi connectivity index (χ3v) is 4.07. The molecule has 0 saturated carbocycles. The van der Waals surface area contributed by atoms with Crippen molar-refractivity contribution in [2.24, 2.45) is 7.05 Å². The highest BCUT2D eigenvalue weighted by Gasteiger charge is 2.30. The van der Waals surface area contributed by atoms with Gasteiger partial charge in [0.2, 0.25) is 0 Å². The summed E-state index contributed by atoms with van der Waals surface area (Å²) in [6.45, 7) is 0. The highest BCUT2D eigenvalue weighted by Crippen LogP contribution is 2.29. The molecule has 0 aliphatic rings. The number of nitrogens with one attached hydrogen (secondary N) is 1. The molecular formula is C19H15F4N3O. The number of imidazole rings is 1. The number of hydrogen-bond donors (Lipinski definition) is 1. The van der Waals surface area contributed by atoms with Gasteiger partial charge >= 0.3 is 6.18 Å². The Hall–Kier alpha value is -3.16. The molecule has 0 radical (unpaired) electrons. The van der Waals surface area contributed by atoms with E-state index >= 15 is 0 Å². The van der Waals surface area contributed by atoms with Crippen LogP contribution in [0.5, 0.6) is 0 Å². The zero-order valence-corrected chi connectivity index (χ0v) is 14.2. The number of hydrogen-bond acceptors (Lipinski definition) is 2. The number of alkyl halides is 3. The molecule has 0 bridgehead atoms. The van der Waals surface area contributed by atoms with E-state index in [2.05, 4.69) is 10.3 Å². The van der Waals surface area contributed by atoms with Crippen molar-refractivity contribution < 1.29 is 22.4 Å². The smallest absolute Gasteiger partial charge is 0.338 e. The van der Waals surface area contributed by atoms with Gasteiger partial charge in [-0.2, -0.15) is 13.2 Å². The number of nitrogens with zero attached hydrogens (tertiary/aromatic N) is 2. The zero-order valence-electron chi connectivity index (χ0n) is 14.2. The predicted octanol–water partition coefficient (Wildman–Crippen LogP) is 4.10. The lowest BCUT2D eigenvalue weighted by atomic mass is 10.0. The molecule has 0 aliphatic carbocycles. The van der Waals surface area contributed by atoms with Crippen molar-refractivity contribution in [1.82, 2.24) is 14.9 Å². The van der Waals surface area contributed by atoms with Crippen LogP contribution in [0.15, 0.2) is 60.9 Å². The standard InChI is InChI=1S/C19H15F4N3O/c1-26-11-10-24-17(26)16(12-4-8-15(20)9-5-12)25-18(27)13-2-6-14(7-3-13)19(21,22)23/h2-11,16H,1H3,(H,25,27). The fourth-order valence-corrected chi connectivity index (χ4v) is 2.63. The first kappa shape index (κ1) is 18.6. The van der Waals surface area contributed by atoms with Gasteiger partial charge in [-0.3, -0.25) is 4.79 Å². The lowest BCUT2D eigenvalue weighted by molar-refractivity contribution is -0.137. The van der Waals surface area contributed by atoms with E-state index in [1.54, 1.807) is 24.0 Å². The summed E-state index contributed by atoms with van der Waals surface area (Å²) in [6.07, 6.45) is -1.23. The molecule has 4 nitrogen and oxygen atoms in total. The van der Waals surface area contributed by atoms with Gasteiger partial charge in [0.05, 0.1) is 5.56 Å². The fraction of sp³-hybridized carbons (Fsp3) is 0.158. The minimum absolute atomic E-state index is 0.0734. The Labute approximate surface area is 152 Å². The Morgan fingerprint density at radius 2 is 1.70 bits per heavy atom. The van der Waals surface area contributed by atoms with Crippen LogP contribution in [-0.4, -0.2) is 15.5 Å². The SMILES string of the molecule is Cn1ccnc1C(NC(=O)c1ccc(C(F)(F)F)cc1)c1ccc(F)cc1. The average molecular weight is 377 g/mol. The van der Waals surface area contributed by atoms with Crippen LogP contribution in [0.25, 0.3) is 0 Å². The van der Waals surface area contributed by atoms with Gasteiger partial charge < -0.3 is 9.88 Å². The Kier molecular flexibility index (Phi) is 4.98. The number of aryl methyl sites for hydroxylation is 1. The van der Waals surface area contributed by atoms with Crippen molar-refractivity contribution in [3.05, 3.63) is 89.3 Å². The molecule has 3 aromatic rings. The van der Waals surface area contributed by atoms with E-state index in [1.807, 2.05) is 0 Å². The fourth-order valence-electron chi connectivity index (χ4n) is 2.63. The first-order chi connectivity index (χ1) is 12.8. The summed E-state index contributed by atoms with van der Waals surface area (Å²) in [7, 11) is 1.74. The molecule has 27 heavy (non-hydrogen) atoms. The molecule has 0 spiro atoms. The molecule has 2 aromatic carbocycles. The van der Waals surface area contributed by atoms with Crippen molar-refractivity contribution in [3.63, 3.8) is 0 Å². The maximum atomic E-state index is 13.2. The Morgan fingerprint density at radius 3 is 2.22 bits per heavy atom. The van der Waals surface area contributed by atoms with Crippen LogP contribution in [0.3, 0.4) is 0 Å². The van der Waals surface area contributed by atoms with Crippen LogP contribution in [0.1, 0.15) is 33.4 Å². The molecule has 140 valence electrons. The summed E-state index contributed by atoms with van der Waals surface area (Å²) in [5, 5.41) is 2.74. The second-order valence-electron chi connectivity index (χ2n) is 5.93. The van der Waals surface area contributed by atoms with Gasteiger partial charge in [-0.15, -0.1) is 0 Å². The third-order valence-electron chi connectivity index (χ3n) is 4.07. The highest BCUT2D eigenvalue weighted by atomic mass is 19.4. The van der Waals surface area contributed by atoms with E-state index in [0.717, 1.165) is 24.3 Å². The summed E-state index contributed by atoms with van der Waals surface area (Å²) < 4.78 is 52.9. The molecule has 1 unspecified atom stereocenters. The van der Waals surface area contributed by atoms with Gasteiger partial charge in [0.15, 0.2) is 0 Å². The minimum Gasteiger partial charge on any atom is -0.338 e. The van der Waals surface area contributed by atoms with Crippen molar-refractivity contribution in [1.29, 1.82) is 0 Å². The van der Waals surface area contributed by atoms with Gasteiger partial charge in [-0.05, 0) is 42.0 Å². The second kappa shape index (κ2) is 7.22. The van der Waals surface area contributed by atoms with E-state index in [0.29, 0.717) is 11.4 Å². The topological polar surface area (TPSA) is 46.9 Å². The van der Waals surface area contributed by atoms with Gasteiger partial charge in [0, 0.05) is 25.0 Å². The predicted molar refractivity (Wildman–Crippen MR) is 90.4 cm³/mol. The molecule has 1 heterocycles. The monoisotopic (exact) mass is 377 g/mol. The van der Waals surface area contributed by atoms with Crippen molar-refractivity contribution in [2.75, 3.05) is 0 Å². The number of benzene rings is 2. The molecule has 1 aromatic heterocycles. The summed E-state index contributed by atoms with van der Waals surface area (Å²) in [5.74, 6) is -0.491. The normalized spacial score (nSPS) is 12.6. The van der Waals surface area contributed by atoms with Crippen molar-refractivity contribution in [3.8, 4) is 0 Å². The maximum absolute atomic E-state index is 13.2. The number of halogens is 4. The summed E-state index contributed by atoms with van der Waals surface area (Å²) in [5.41, 5.74) is -0.173. The van der Waals surface area contributed by atoms with Crippen molar-refractivity contribution in [2.45, 2.75) is 12.2 Å². The number of carbonyl (C=O) groups excluding carboxylic acids is 1. The molecule has 0 saturated heterocycles. The van der Waals surface area contributed by atoms with Crippen LogP contribution in [0.2, 0.25) is 0 Å². The molecule has 0 fully saturated rings.